The van der Waals surface area contributed by atoms with Crippen LogP contribution in [-0.4, -0.2) is 46.2 Å². The number of thiazole rings is 1. The standard InChI is InChI=1S/C29H24ClN3O8S2/c1-2-40-19(34)11-41-18-8-3-12(30)9-15(18)20-21-16-10-17(24(21)42-26-25(20)43-29(37)31-26)23-22(16)27(35)32(28(23)36)13-4-6-14(7-5-13)33(38)39/h3-9,16-17,20-24H,2,10-11H2,1H3,(H,31,37)/t16-,17-,20-,21?,22?,23?,24?/m1/s1. The molecule has 2 bridgehead atoms. The lowest BCUT2D eigenvalue weighted by molar-refractivity contribution is -0.384. The van der Waals surface area contributed by atoms with Crippen molar-refractivity contribution in [1.29, 1.82) is 0 Å². The SMILES string of the molecule is CCOC(=O)COc1ccc(Cl)cc1[C@H]1c2sc(=O)[nH]c2SC2C1[C@H]1C[C@@H]2C2C(=O)N(c3ccc([N+](=O)[O-])cc3)C(=O)C21. The van der Waals surface area contributed by atoms with Crippen molar-refractivity contribution >= 4 is 63.9 Å². The third kappa shape index (κ3) is 4.39. The highest BCUT2D eigenvalue weighted by Gasteiger charge is 2.69. The van der Waals surface area contributed by atoms with Crippen molar-refractivity contribution in [2.24, 2.45) is 29.6 Å². The van der Waals surface area contributed by atoms with E-state index in [9.17, 15) is 29.3 Å². The molecule has 3 fully saturated rings. The zero-order valence-corrected chi connectivity index (χ0v) is 24.9. The van der Waals surface area contributed by atoms with Crippen LogP contribution in [-0.2, 0) is 19.1 Å². The first-order valence-electron chi connectivity index (χ1n) is 13.8. The number of nitro benzene ring substituents is 1. The van der Waals surface area contributed by atoms with E-state index in [0.29, 0.717) is 28.4 Å². The van der Waals surface area contributed by atoms with Crippen LogP contribution >= 0.6 is 34.7 Å². The number of rotatable bonds is 7. The number of fused-ring (bicyclic) bond motifs is 9. The van der Waals surface area contributed by atoms with Crippen molar-refractivity contribution in [2.75, 3.05) is 18.1 Å². The number of hydrogen-bond acceptors (Lipinski definition) is 10. The molecule has 2 amide bonds. The minimum atomic E-state index is -0.558. The number of anilines is 1. The highest BCUT2D eigenvalue weighted by Crippen LogP contribution is 2.69. The number of carbonyl (C=O) groups is 3. The number of hydrogen-bond donors (Lipinski definition) is 1. The Kier molecular flexibility index (Phi) is 6.86. The smallest absolute Gasteiger partial charge is 0.344 e. The molecule has 1 aromatic heterocycles. The Balaban J connectivity index is 1.28. The van der Waals surface area contributed by atoms with E-state index in [1.165, 1.54) is 29.2 Å². The summed E-state index contributed by atoms with van der Waals surface area (Å²) in [5.41, 5.74) is 0.891. The van der Waals surface area contributed by atoms with Crippen molar-refractivity contribution in [3.05, 3.63) is 77.7 Å². The highest BCUT2D eigenvalue weighted by atomic mass is 35.5. The van der Waals surface area contributed by atoms with Gasteiger partial charge in [0, 0.05) is 38.8 Å². The summed E-state index contributed by atoms with van der Waals surface area (Å²) in [6, 6.07) is 10.6. The van der Waals surface area contributed by atoms with Crippen molar-refractivity contribution in [3.8, 4) is 5.75 Å². The molecule has 4 aliphatic rings. The Labute approximate surface area is 257 Å². The first-order chi connectivity index (χ1) is 20.7. The molecule has 1 N–H and O–H groups in total. The number of nitro groups is 1. The average molecular weight is 642 g/mol. The lowest BCUT2D eigenvalue weighted by atomic mass is 9.68. The highest BCUT2D eigenvalue weighted by molar-refractivity contribution is 8.00. The molecule has 0 radical (unpaired) electrons. The van der Waals surface area contributed by atoms with Crippen molar-refractivity contribution in [3.63, 3.8) is 0 Å². The van der Waals surface area contributed by atoms with Gasteiger partial charge in [-0.3, -0.25) is 29.4 Å². The predicted octanol–water partition coefficient (Wildman–Crippen LogP) is 4.62. The molecule has 14 heteroatoms. The molecule has 2 aliphatic heterocycles. The number of benzene rings is 2. The topological polar surface area (TPSA) is 149 Å². The molecule has 7 atom stereocenters. The van der Waals surface area contributed by atoms with Crippen molar-refractivity contribution in [2.45, 2.75) is 29.5 Å². The number of thioether (sulfide) groups is 1. The van der Waals surface area contributed by atoms with Crippen LogP contribution in [0.1, 0.15) is 29.7 Å². The molecule has 4 unspecified atom stereocenters. The fourth-order valence-corrected chi connectivity index (χ4v) is 10.6. The van der Waals surface area contributed by atoms with Crippen LogP contribution in [0.3, 0.4) is 0 Å². The van der Waals surface area contributed by atoms with Gasteiger partial charge in [-0.05, 0) is 61.4 Å². The average Bonchev–Trinajstić information content (AvgIpc) is 3.71. The maximum atomic E-state index is 13.9. The van der Waals surface area contributed by atoms with Crippen LogP contribution in [0, 0.1) is 39.7 Å². The lowest BCUT2D eigenvalue weighted by Crippen LogP contribution is -2.42. The number of imide groups is 1. The third-order valence-electron chi connectivity index (χ3n) is 9.00. The number of esters is 1. The maximum absolute atomic E-state index is 13.9. The number of ether oxygens (including phenoxy) is 2. The summed E-state index contributed by atoms with van der Waals surface area (Å²) in [5, 5.41) is 12.3. The van der Waals surface area contributed by atoms with E-state index in [2.05, 4.69) is 4.98 Å². The van der Waals surface area contributed by atoms with E-state index in [4.69, 9.17) is 21.1 Å². The van der Waals surface area contributed by atoms with Gasteiger partial charge in [-0.1, -0.05) is 22.9 Å². The van der Waals surface area contributed by atoms with Crippen molar-refractivity contribution < 1.29 is 28.8 Å². The molecule has 43 heavy (non-hydrogen) atoms. The van der Waals surface area contributed by atoms with Gasteiger partial charge in [0.25, 0.3) is 5.69 Å². The summed E-state index contributed by atoms with van der Waals surface area (Å²) in [6.45, 7) is 1.62. The van der Waals surface area contributed by atoms with Crippen LogP contribution in [0.2, 0.25) is 5.02 Å². The largest absolute Gasteiger partial charge is 0.482 e. The summed E-state index contributed by atoms with van der Waals surface area (Å²) in [7, 11) is 0. The van der Waals surface area contributed by atoms with Crippen LogP contribution in [0.25, 0.3) is 0 Å². The zero-order valence-electron chi connectivity index (χ0n) is 22.6. The van der Waals surface area contributed by atoms with Gasteiger partial charge in [-0.2, -0.15) is 0 Å². The molecule has 0 spiro atoms. The Morgan fingerprint density at radius 1 is 1.12 bits per heavy atom. The molecule has 2 aliphatic carbocycles. The van der Waals surface area contributed by atoms with Gasteiger partial charge in [0.1, 0.15) is 5.75 Å². The first kappa shape index (κ1) is 28.1. The number of carbonyl (C=O) groups excluding carboxylic acids is 3. The van der Waals surface area contributed by atoms with Crippen LogP contribution in [0.5, 0.6) is 5.75 Å². The first-order valence-corrected chi connectivity index (χ1v) is 15.8. The van der Waals surface area contributed by atoms with Gasteiger partial charge in [-0.15, -0.1) is 11.8 Å². The minimum Gasteiger partial charge on any atom is -0.482 e. The number of nitrogens with zero attached hydrogens (tertiary/aromatic N) is 2. The van der Waals surface area contributed by atoms with E-state index in [1.807, 2.05) is 0 Å². The lowest BCUT2D eigenvalue weighted by Gasteiger charge is -2.43. The van der Waals surface area contributed by atoms with Gasteiger partial charge < -0.3 is 14.5 Å². The number of amides is 2. The monoisotopic (exact) mass is 641 g/mol. The Morgan fingerprint density at radius 2 is 1.84 bits per heavy atom. The number of aromatic nitrogens is 1. The number of halogens is 1. The third-order valence-corrected chi connectivity index (χ3v) is 11.8. The molecule has 11 nitrogen and oxygen atoms in total. The maximum Gasteiger partial charge on any atom is 0.344 e. The molecule has 2 aromatic carbocycles. The van der Waals surface area contributed by atoms with Gasteiger partial charge in [0.05, 0.1) is 34.1 Å². The van der Waals surface area contributed by atoms with Crippen LogP contribution < -0.4 is 14.5 Å². The van der Waals surface area contributed by atoms with E-state index < -0.39 is 22.7 Å². The summed E-state index contributed by atoms with van der Waals surface area (Å²) < 4.78 is 11.0. The van der Waals surface area contributed by atoms with Crippen molar-refractivity contribution in [1.82, 2.24) is 4.98 Å². The fourth-order valence-electron chi connectivity index (χ4n) is 7.58. The summed E-state index contributed by atoms with van der Waals surface area (Å²) in [4.78, 5) is 67.8. The van der Waals surface area contributed by atoms with E-state index in [-0.39, 0.29) is 64.5 Å². The molecule has 2 saturated carbocycles. The second-order valence-electron chi connectivity index (χ2n) is 11.0. The fraction of sp³-hybridized carbons (Fsp3) is 0.379. The molecule has 7 rings (SSSR count). The van der Waals surface area contributed by atoms with E-state index in [0.717, 1.165) is 21.2 Å². The second-order valence-corrected chi connectivity index (χ2v) is 13.7. The summed E-state index contributed by atoms with van der Waals surface area (Å²) in [5.74, 6) is -2.54. The number of aromatic amines is 1. The Morgan fingerprint density at radius 3 is 2.53 bits per heavy atom. The molecule has 1 saturated heterocycles. The predicted molar refractivity (Wildman–Crippen MR) is 158 cm³/mol. The molecule has 222 valence electrons. The summed E-state index contributed by atoms with van der Waals surface area (Å²) >= 11 is 9.14. The van der Waals surface area contributed by atoms with Gasteiger partial charge in [0.2, 0.25) is 11.8 Å². The zero-order chi connectivity index (χ0) is 30.2. The van der Waals surface area contributed by atoms with Gasteiger partial charge in [-0.25, -0.2) is 4.79 Å². The number of non-ortho nitro benzene ring substituents is 1. The number of H-pyrrole nitrogens is 1. The Hall–Kier alpha value is -3.68. The molecular formula is C29H24ClN3O8S2. The van der Waals surface area contributed by atoms with E-state index in [1.54, 1.807) is 36.9 Å². The Bertz CT molecular complexity index is 1740. The summed E-state index contributed by atoms with van der Waals surface area (Å²) in [6.07, 6.45) is 0.679. The second kappa shape index (κ2) is 10.5. The van der Waals surface area contributed by atoms with E-state index >= 15 is 0 Å². The quantitative estimate of drug-likeness (QED) is 0.169. The number of nitrogens with one attached hydrogen (secondary N) is 1. The van der Waals surface area contributed by atoms with Crippen LogP contribution in [0.4, 0.5) is 11.4 Å². The molecule has 3 heterocycles. The van der Waals surface area contributed by atoms with Crippen LogP contribution in [0.15, 0.2) is 52.3 Å². The molecular weight excluding hydrogens is 618 g/mol. The minimum absolute atomic E-state index is 0.0700. The van der Waals surface area contributed by atoms with Gasteiger partial charge in [0.15, 0.2) is 6.61 Å². The van der Waals surface area contributed by atoms with Gasteiger partial charge >= 0.3 is 10.8 Å². The molecule has 3 aromatic rings. The normalized spacial score (nSPS) is 28.4.